The molecule has 0 N–H and O–H groups in total. The summed E-state index contributed by atoms with van der Waals surface area (Å²) >= 11 is 0. The van der Waals surface area contributed by atoms with Crippen LogP contribution in [0.1, 0.15) is 96.8 Å². The first kappa shape index (κ1) is 18.7. The Labute approximate surface area is 132 Å². The van der Waals surface area contributed by atoms with Crippen LogP contribution >= 0.6 is 0 Å². The van der Waals surface area contributed by atoms with E-state index in [0.717, 1.165) is 12.8 Å². The SMILES string of the molecule is CCCCCCCCCCC(=O)C(OC)C1CCCCC1. The van der Waals surface area contributed by atoms with Crippen molar-refractivity contribution in [1.82, 2.24) is 0 Å². The predicted molar refractivity (Wildman–Crippen MR) is 89.6 cm³/mol. The number of ether oxygens (including phenoxy) is 1. The molecular formula is C19H36O2. The van der Waals surface area contributed by atoms with E-state index in [9.17, 15) is 4.79 Å². The molecular weight excluding hydrogens is 260 g/mol. The summed E-state index contributed by atoms with van der Waals surface area (Å²) in [5.74, 6) is 0.848. The molecule has 0 saturated heterocycles. The van der Waals surface area contributed by atoms with Crippen LogP contribution in [0.15, 0.2) is 0 Å². The second kappa shape index (κ2) is 12.2. The highest BCUT2D eigenvalue weighted by Gasteiger charge is 2.28. The first-order chi connectivity index (χ1) is 10.3. The lowest BCUT2D eigenvalue weighted by molar-refractivity contribution is -0.132. The van der Waals surface area contributed by atoms with E-state index >= 15 is 0 Å². The third kappa shape index (κ3) is 7.99. The summed E-state index contributed by atoms with van der Waals surface area (Å²) in [7, 11) is 1.71. The summed E-state index contributed by atoms with van der Waals surface area (Å²) in [5, 5.41) is 0. The molecule has 1 rings (SSSR count). The highest BCUT2D eigenvalue weighted by molar-refractivity contribution is 5.83. The summed E-state index contributed by atoms with van der Waals surface area (Å²) in [6.07, 6.45) is 17.2. The zero-order valence-electron chi connectivity index (χ0n) is 14.4. The smallest absolute Gasteiger partial charge is 0.161 e. The van der Waals surface area contributed by atoms with Crippen molar-refractivity contribution in [2.45, 2.75) is 103 Å². The van der Waals surface area contributed by atoms with Gasteiger partial charge in [-0.2, -0.15) is 0 Å². The van der Waals surface area contributed by atoms with E-state index in [1.807, 2.05) is 0 Å². The van der Waals surface area contributed by atoms with Crippen molar-refractivity contribution in [2.75, 3.05) is 7.11 Å². The number of hydrogen-bond donors (Lipinski definition) is 0. The summed E-state index contributed by atoms with van der Waals surface area (Å²) in [6, 6.07) is 0. The second-order valence-corrected chi connectivity index (χ2v) is 6.75. The molecule has 1 unspecified atom stereocenters. The van der Waals surface area contributed by atoms with Gasteiger partial charge >= 0.3 is 0 Å². The molecule has 0 aromatic heterocycles. The van der Waals surface area contributed by atoms with Crippen molar-refractivity contribution in [2.24, 2.45) is 5.92 Å². The minimum atomic E-state index is -0.116. The molecule has 1 atom stereocenters. The van der Waals surface area contributed by atoms with Gasteiger partial charge in [-0.15, -0.1) is 0 Å². The van der Waals surface area contributed by atoms with Crippen LogP contribution in [0.2, 0.25) is 0 Å². The Kier molecular flexibility index (Phi) is 10.9. The summed E-state index contributed by atoms with van der Waals surface area (Å²) in [5.41, 5.74) is 0. The normalized spacial score (nSPS) is 17.8. The van der Waals surface area contributed by atoms with Crippen LogP contribution in [0.5, 0.6) is 0 Å². The van der Waals surface area contributed by atoms with Gasteiger partial charge in [0.15, 0.2) is 5.78 Å². The average Bonchev–Trinajstić information content (AvgIpc) is 2.52. The third-order valence-electron chi connectivity index (χ3n) is 4.93. The molecule has 0 aliphatic heterocycles. The van der Waals surface area contributed by atoms with Gasteiger partial charge in [0.05, 0.1) is 0 Å². The molecule has 1 aliphatic rings. The fourth-order valence-corrected chi connectivity index (χ4v) is 3.60. The third-order valence-corrected chi connectivity index (χ3v) is 4.93. The summed E-state index contributed by atoms with van der Waals surface area (Å²) in [4.78, 5) is 12.3. The van der Waals surface area contributed by atoms with E-state index in [1.165, 1.54) is 77.0 Å². The van der Waals surface area contributed by atoms with Gasteiger partial charge in [-0.1, -0.05) is 71.1 Å². The lowest BCUT2D eigenvalue weighted by Crippen LogP contribution is -2.32. The molecule has 1 saturated carbocycles. The average molecular weight is 296 g/mol. The van der Waals surface area contributed by atoms with Gasteiger partial charge in [-0.05, 0) is 25.2 Å². The number of hydrogen-bond acceptors (Lipinski definition) is 2. The molecule has 0 spiro atoms. The topological polar surface area (TPSA) is 26.3 Å². The lowest BCUT2D eigenvalue weighted by atomic mass is 9.83. The van der Waals surface area contributed by atoms with Crippen molar-refractivity contribution in [1.29, 1.82) is 0 Å². The van der Waals surface area contributed by atoms with E-state index in [1.54, 1.807) is 7.11 Å². The Morgan fingerprint density at radius 2 is 1.52 bits per heavy atom. The summed E-state index contributed by atoms with van der Waals surface area (Å²) < 4.78 is 5.52. The molecule has 0 heterocycles. The Hall–Kier alpha value is -0.370. The van der Waals surface area contributed by atoms with Gasteiger partial charge in [-0.3, -0.25) is 4.79 Å². The van der Waals surface area contributed by atoms with E-state index in [-0.39, 0.29) is 6.10 Å². The van der Waals surface area contributed by atoms with Crippen LogP contribution in [0.3, 0.4) is 0 Å². The van der Waals surface area contributed by atoms with Gasteiger partial charge in [0.25, 0.3) is 0 Å². The monoisotopic (exact) mass is 296 g/mol. The highest BCUT2D eigenvalue weighted by atomic mass is 16.5. The first-order valence-corrected chi connectivity index (χ1v) is 9.35. The number of carbonyl (C=O) groups excluding carboxylic acids is 1. The largest absolute Gasteiger partial charge is 0.373 e. The molecule has 21 heavy (non-hydrogen) atoms. The van der Waals surface area contributed by atoms with Gasteiger partial charge in [0.1, 0.15) is 6.10 Å². The minimum Gasteiger partial charge on any atom is -0.373 e. The van der Waals surface area contributed by atoms with Crippen LogP contribution < -0.4 is 0 Å². The second-order valence-electron chi connectivity index (χ2n) is 6.75. The van der Waals surface area contributed by atoms with Crippen molar-refractivity contribution in [3.05, 3.63) is 0 Å². The van der Waals surface area contributed by atoms with E-state index in [4.69, 9.17) is 4.74 Å². The van der Waals surface area contributed by atoms with Gasteiger partial charge in [-0.25, -0.2) is 0 Å². The number of unbranched alkanes of at least 4 members (excludes halogenated alkanes) is 7. The highest BCUT2D eigenvalue weighted by Crippen LogP contribution is 2.29. The fraction of sp³-hybridized carbons (Fsp3) is 0.947. The van der Waals surface area contributed by atoms with Crippen molar-refractivity contribution >= 4 is 5.78 Å². The Morgan fingerprint density at radius 1 is 0.952 bits per heavy atom. The molecule has 0 radical (unpaired) electrons. The van der Waals surface area contributed by atoms with E-state index in [0.29, 0.717) is 11.7 Å². The Balaban J connectivity index is 2.08. The molecule has 2 heteroatoms. The zero-order valence-corrected chi connectivity index (χ0v) is 14.4. The van der Waals surface area contributed by atoms with Crippen molar-refractivity contribution in [3.63, 3.8) is 0 Å². The number of Topliss-reactive ketones (excluding diaryl/α,β-unsaturated/α-hetero) is 1. The van der Waals surface area contributed by atoms with Crippen LogP contribution in [-0.4, -0.2) is 19.0 Å². The predicted octanol–water partition coefficient (Wildman–Crippen LogP) is 5.68. The van der Waals surface area contributed by atoms with Crippen molar-refractivity contribution < 1.29 is 9.53 Å². The number of carbonyl (C=O) groups is 1. The molecule has 2 nitrogen and oxygen atoms in total. The van der Waals surface area contributed by atoms with E-state index in [2.05, 4.69) is 6.92 Å². The quantitative estimate of drug-likeness (QED) is 0.433. The van der Waals surface area contributed by atoms with Crippen LogP contribution in [0, 0.1) is 5.92 Å². The Morgan fingerprint density at radius 3 is 2.10 bits per heavy atom. The minimum absolute atomic E-state index is 0.116. The van der Waals surface area contributed by atoms with Gasteiger partial charge in [0.2, 0.25) is 0 Å². The molecule has 1 aliphatic carbocycles. The standard InChI is InChI=1S/C19H36O2/c1-3-4-5-6-7-8-9-13-16-18(20)19(21-2)17-14-11-10-12-15-17/h17,19H,3-16H2,1-2H3. The number of methoxy groups -OCH3 is 1. The van der Waals surface area contributed by atoms with Crippen LogP contribution in [-0.2, 0) is 9.53 Å². The molecule has 0 aromatic carbocycles. The van der Waals surface area contributed by atoms with Crippen molar-refractivity contribution in [3.8, 4) is 0 Å². The lowest BCUT2D eigenvalue weighted by Gasteiger charge is -2.28. The van der Waals surface area contributed by atoms with Gasteiger partial charge < -0.3 is 4.74 Å². The Bertz CT molecular complexity index is 256. The maximum absolute atomic E-state index is 12.3. The van der Waals surface area contributed by atoms with Crippen LogP contribution in [0.4, 0.5) is 0 Å². The molecule has 0 amide bonds. The number of ketones is 1. The van der Waals surface area contributed by atoms with Gasteiger partial charge in [0, 0.05) is 13.5 Å². The zero-order chi connectivity index (χ0) is 15.3. The molecule has 0 aromatic rings. The maximum Gasteiger partial charge on any atom is 0.161 e. The summed E-state index contributed by atoms with van der Waals surface area (Å²) in [6.45, 7) is 2.25. The van der Waals surface area contributed by atoms with Crippen LogP contribution in [0.25, 0.3) is 0 Å². The molecule has 1 fully saturated rings. The molecule has 124 valence electrons. The number of rotatable bonds is 12. The maximum atomic E-state index is 12.3. The molecule has 0 bridgehead atoms. The first-order valence-electron chi connectivity index (χ1n) is 9.35. The van der Waals surface area contributed by atoms with E-state index < -0.39 is 0 Å². The fourth-order valence-electron chi connectivity index (χ4n) is 3.60.